The summed E-state index contributed by atoms with van der Waals surface area (Å²) in [4.78, 5) is 41.9. The van der Waals surface area contributed by atoms with Gasteiger partial charge in [0.05, 0.1) is 18.4 Å². The van der Waals surface area contributed by atoms with Crippen LogP contribution in [0, 0.1) is 29.1 Å². The molecule has 7 nitrogen and oxygen atoms in total. The third-order valence-electron chi connectivity index (χ3n) is 6.65. The summed E-state index contributed by atoms with van der Waals surface area (Å²) in [7, 11) is 0. The molecule has 0 aromatic rings. The SMILES string of the molecule is CCOC(=O)[C@H]1[C@@H]2C(=O)N(CCCCO)[C@H](C(=O)NC(C)(C)CC(C)(C)C)[C@H]2C=C[C@H]1CC. The van der Waals surface area contributed by atoms with Crippen LogP contribution in [0.5, 0.6) is 0 Å². The molecule has 0 saturated carbocycles. The Morgan fingerprint density at radius 2 is 1.79 bits per heavy atom. The second-order valence-electron chi connectivity index (χ2n) is 11.4. The van der Waals surface area contributed by atoms with Gasteiger partial charge in [-0.15, -0.1) is 0 Å². The number of aliphatic hydroxyl groups excluding tert-OH is 1. The molecule has 2 N–H and O–H groups in total. The number of hydrogen-bond donors (Lipinski definition) is 2. The summed E-state index contributed by atoms with van der Waals surface area (Å²) in [5.74, 6) is -2.36. The van der Waals surface area contributed by atoms with Gasteiger partial charge < -0.3 is 20.1 Å². The van der Waals surface area contributed by atoms with Crippen molar-refractivity contribution in [3.05, 3.63) is 12.2 Å². The van der Waals surface area contributed by atoms with Crippen molar-refractivity contribution < 1.29 is 24.2 Å². The number of fused-ring (bicyclic) bond motifs is 1. The smallest absolute Gasteiger partial charge is 0.310 e. The first-order chi connectivity index (χ1) is 15.4. The number of unbranched alkanes of at least 4 members (excludes halogenated alkanes) is 1. The predicted molar refractivity (Wildman–Crippen MR) is 128 cm³/mol. The molecule has 0 spiro atoms. The van der Waals surface area contributed by atoms with Crippen molar-refractivity contribution in [3.63, 3.8) is 0 Å². The number of nitrogens with one attached hydrogen (secondary N) is 1. The first-order valence-corrected chi connectivity index (χ1v) is 12.4. The standard InChI is InChI=1S/C26H44N2O5/c1-8-17-12-13-18-20(19(17)24(32)33-9-2)23(31)28(14-10-11-15-29)21(18)22(30)27-26(6,7)16-25(3,4)5/h12-13,17-21,29H,8-11,14-16H2,1-7H3,(H,27,30)/t17-,18+,19-,20-,21+/m1/s1. The zero-order valence-electron chi connectivity index (χ0n) is 21.5. The van der Waals surface area contributed by atoms with E-state index < -0.39 is 23.4 Å². The molecular weight excluding hydrogens is 420 g/mol. The van der Waals surface area contributed by atoms with E-state index in [1.807, 2.05) is 32.9 Å². The van der Waals surface area contributed by atoms with Crippen LogP contribution in [-0.2, 0) is 19.1 Å². The Balaban J connectivity index is 2.40. The number of carbonyl (C=O) groups excluding carboxylic acids is 3. The fourth-order valence-electron chi connectivity index (χ4n) is 5.86. The summed E-state index contributed by atoms with van der Waals surface area (Å²) in [6, 6.07) is -0.675. The Bertz CT molecular complexity index is 739. The van der Waals surface area contributed by atoms with Gasteiger partial charge in [0, 0.05) is 24.6 Å². The molecule has 2 amide bonds. The lowest BCUT2D eigenvalue weighted by atomic mass is 9.69. The fraction of sp³-hybridized carbons (Fsp3) is 0.808. The molecule has 1 fully saturated rings. The number of rotatable bonds is 10. The van der Waals surface area contributed by atoms with Gasteiger partial charge in [-0.2, -0.15) is 0 Å². The number of nitrogens with zero attached hydrogens (tertiary/aromatic N) is 1. The van der Waals surface area contributed by atoms with E-state index in [0.29, 0.717) is 19.4 Å². The highest BCUT2D eigenvalue weighted by Gasteiger charge is 2.57. The van der Waals surface area contributed by atoms with Crippen molar-refractivity contribution >= 4 is 17.8 Å². The van der Waals surface area contributed by atoms with E-state index in [9.17, 15) is 19.5 Å². The number of ether oxygens (including phenoxy) is 1. The van der Waals surface area contributed by atoms with Crippen molar-refractivity contribution in [2.45, 2.75) is 85.7 Å². The molecule has 0 aromatic heterocycles. The summed E-state index contributed by atoms with van der Waals surface area (Å²) >= 11 is 0. The second kappa shape index (κ2) is 11.0. The van der Waals surface area contributed by atoms with Gasteiger partial charge in [0.2, 0.25) is 11.8 Å². The Morgan fingerprint density at radius 3 is 2.33 bits per heavy atom. The maximum Gasteiger partial charge on any atom is 0.310 e. The van der Waals surface area contributed by atoms with Crippen LogP contribution in [0.4, 0.5) is 0 Å². The van der Waals surface area contributed by atoms with Crippen molar-refractivity contribution in [1.82, 2.24) is 10.2 Å². The lowest BCUT2D eigenvalue weighted by molar-refractivity contribution is -0.155. The fourth-order valence-corrected chi connectivity index (χ4v) is 5.86. The third-order valence-corrected chi connectivity index (χ3v) is 6.65. The van der Waals surface area contributed by atoms with E-state index in [1.54, 1.807) is 11.8 Å². The van der Waals surface area contributed by atoms with Gasteiger partial charge in [-0.05, 0) is 57.8 Å². The second-order valence-corrected chi connectivity index (χ2v) is 11.4. The van der Waals surface area contributed by atoms with Crippen LogP contribution < -0.4 is 5.32 Å². The first-order valence-electron chi connectivity index (χ1n) is 12.4. The third kappa shape index (κ3) is 6.58. The molecule has 1 aliphatic carbocycles. The number of hydrogen-bond acceptors (Lipinski definition) is 5. The lowest BCUT2D eigenvalue weighted by Crippen LogP contribution is -2.54. The molecule has 1 heterocycles. The van der Waals surface area contributed by atoms with Crippen molar-refractivity contribution in [2.75, 3.05) is 19.8 Å². The Labute approximate surface area is 199 Å². The molecule has 5 atom stereocenters. The van der Waals surface area contributed by atoms with Crippen molar-refractivity contribution in [3.8, 4) is 0 Å². The number of amides is 2. The quantitative estimate of drug-likeness (QED) is 0.294. The molecule has 1 saturated heterocycles. The van der Waals surface area contributed by atoms with Gasteiger partial charge in [0.1, 0.15) is 6.04 Å². The monoisotopic (exact) mass is 464 g/mol. The van der Waals surface area contributed by atoms with Gasteiger partial charge in [-0.3, -0.25) is 14.4 Å². The number of likely N-dealkylation sites (tertiary alicyclic amines) is 1. The van der Waals surface area contributed by atoms with Crippen LogP contribution in [0.25, 0.3) is 0 Å². The predicted octanol–water partition coefficient (Wildman–Crippen LogP) is 3.31. The minimum absolute atomic E-state index is 0.0275. The van der Waals surface area contributed by atoms with E-state index in [4.69, 9.17) is 4.74 Å². The van der Waals surface area contributed by atoms with Crippen LogP contribution in [-0.4, -0.2) is 59.1 Å². The minimum atomic E-state index is -0.675. The Hall–Kier alpha value is -1.89. The van der Waals surface area contributed by atoms with Crippen LogP contribution in [0.1, 0.15) is 74.1 Å². The highest BCUT2D eigenvalue weighted by molar-refractivity contribution is 5.96. The summed E-state index contributed by atoms with van der Waals surface area (Å²) < 4.78 is 5.36. The lowest BCUT2D eigenvalue weighted by Gasteiger charge is -2.37. The van der Waals surface area contributed by atoms with Gasteiger partial charge in [-0.25, -0.2) is 0 Å². The summed E-state index contributed by atoms with van der Waals surface area (Å²) in [5.41, 5.74) is -0.419. The maximum atomic E-state index is 13.7. The average molecular weight is 465 g/mol. The number of allylic oxidation sites excluding steroid dienone is 1. The van der Waals surface area contributed by atoms with Gasteiger partial charge in [0.25, 0.3) is 0 Å². The molecule has 1 aliphatic heterocycles. The number of esters is 1. The van der Waals surface area contributed by atoms with Gasteiger partial charge in [0.15, 0.2) is 0 Å². The highest BCUT2D eigenvalue weighted by atomic mass is 16.5. The Morgan fingerprint density at radius 1 is 1.12 bits per heavy atom. The van der Waals surface area contributed by atoms with E-state index in [2.05, 4.69) is 26.1 Å². The van der Waals surface area contributed by atoms with E-state index >= 15 is 0 Å². The molecule has 0 aromatic carbocycles. The van der Waals surface area contributed by atoms with Crippen molar-refractivity contribution in [2.24, 2.45) is 29.1 Å². The largest absolute Gasteiger partial charge is 0.466 e. The molecule has 2 aliphatic rings. The molecule has 33 heavy (non-hydrogen) atoms. The zero-order chi connectivity index (χ0) is 25.0. The molecule has 2 rings (SSSR count). The highest BCUT2D eigenvalue weighted by Crippen LogP contribution is 2.45. The normalized spacial score (nSPS) is 27.5. The van der Waals surface area contributed by atoms with Crippen molar-refractivity contribution in [1.29, 1.82) is 0 Å². The van der Waals surface area contributed by atoms with Crippen LogP contribution in [0.2, 0.25) is 0 Å². The summed E-state index contributed by atoms with van der Waals surface area (Å²) in [6.07, 6.45) is 6.62. The molecule has 7 heteroatoms. The maximum absolute atomic E-state index is 13.7. The summed E-state index contributed by atoms with van der Waals surface area (Å²) in [6.45, 7) is 14.9. The molecule has 0 unspecified atom stereocenters. The molecular formula is C26H44N2O5. The van der Waals surface area contributed by atoms with E-state index in [1.165, 1.54) is 0 Å². The zero-order valence-corrected chi connectivity index (χ0v) is 21.5. The molecule has 0 radical (unpaired) electrons. The number of carbonyl (C=O) groups is 3. The topological polar surface area (TPSA) is 95.9 Å². The molecule has 0 bridgehead atoms. The van der Waals surface area contributed by atoms with Crippen LogP contribution in [0.15, 0.2) is 12.2 Å². The summed E-state index contributed by atoms with van der Waals surface area (Å²) in [5, 5.41) is 12.4. The van der Waals surface area contributed by atoms with Crippen LogP contribution in [0.3, 0.4) is 0 Å². The van der Waals surface area contributed by atoms with Gasteiger partial charge in [-0.1, -0.05) is 39.8 Å². The molecule has 188 valence electrons. The van der Waals surface area contributed by atoms with Gasteiger partial charge >= 0.3 is 5.97 Å². The van der Waals surface area contributed by atoms with E-state index in [0.717, 1.165) is 12.8 Å². The average Bonchev–Trinajstić information content (AvgIpc) is 2.97. The number of aliphatic hydroxyl groups is 1. The minimum Gasteiger partial charge on any atom is -0.466 e. The first kappa shape index (κ1) is 27.4. The Kier molecular flexibility index (Phi) is 9.14. The van der Waals surface area contributed by atoms with E-state index in [-0.39, 0.29) is 48.2 Å². The van der Waals surface area contributed by atoms with Crippen LogP contribution >= 0.6 is 0 Å².